The van der Waals surface area contributed by atoms with E-state index in [1.807, 2.05) is 12.1 Å². The molecule has 0 heterocycles. The molecule has 1 saturated carbocycles. The summed E-state index contributed by atoms with van der Waals surface area (Å²) < 4.78 is 6.10. The molecule has 1 N–H and O–H groups in total. The highest BCUT2D eigenvalue weighted by atomic mass is 35.5. The summed E-state index contributed by atoms with van der Waals surface area (Å²) >= 11 is 6.27. The van der Waals surface area contributed by atoms with Crippen molar-refractivity contribution in [2.24, 2.45) is 0 Å². The maximum atomic E-state index is 6.27. The number of nitrogens with one attached hydrogen (secondary N) is 1. The molecule has 0 spiro atoms. The van der Waals surface area contributed by atoms with E-state index < -0.39 is 0 Å². The van der Waals surface area contributed by atoms with Crippen LogP contribution >= 0.6 is 11.6 Å². The third kappa shape index (κ3) is 3.63. The van der Waals surface area contributed by atoms with Crippen LogP contribution in [-0.2, 0) is 6.54 Å². The Morgan fingerprint density at radius 1 is 1.33 bits per heavy atom. The number of rotatable bonds is 6. The summed E-state index contributed by atoms with van der Waals surface area (Å²) in [6, 6.07) is 6.00. The van der Waals surface area contributed by atoms with Crippen LogP contribution in [0.25, 0.3) is 0 Å². The first-order chi connectivity index (χ1) is 8.81. The molecule has 18 heavy (non-hydrogen) atoms. The van der Waals surface area contributed by atoms with Crippen LogP contribution in [0.15, 0.2) is 18.2 Å². The van der Waals surface area contributed by atoms with Crippen molar-refractivity contribution in [3.05, 3.63) is 28.8 Å². The monoisotopic (exact) mass is 267 g/mol. The Kier molecular flexibility index (Phi) is 5.33. The van der Waals surface area contributed by atoms with Crippen molar-refractivity contribution in [3.8, 4) is 5.75 Å². The molecule has 0 aliphatic heterocycles. The molecular formula is C15H22ClNO. The number of benzene rings is 1. The van der Waals surface area contributed by atoms with Crippen molar-refractivity contribution in [2.45, 2.75) is 51.7 Å². The Balaban J connectivity index is 2.05. The molecule has 1 aliphatic carbocycles. The highest BCUT2D eigenvalue weighted by Crippen LogP contribution is 2.32. The van der Waals surface area contributed by atoms with Gasteiger partial charge in [-0.3, -0.25) is 0 Å². The second-order valence-corrected chi connectivity index (χ2v) is 5.34. The van der Waals surface area contributed by atoms with Crippen LogP contribution in [0.5, 0.6) is 5.75 Å². The summed E-state index contributed by atoms with van der Waals surface area (Å²) in [5.74, 6) is 0.884. The van der Waals surface area contributed by atoms with Gasteiger partial charge in [-0.1, -0.05) is 30.7 Å². The zero-order chi connectivity index (χ0) is 12.8. The number of hydrogen-bond donors (Lipinski definition) is 1. The lowest BCUT2D eigenvalue weighted by atomic mass is 10.2. The molecule has 0 radical (unpaired) electrons. The molecule has 0 atom stereocenters. The molecule has 0 saturated heterocycles. The van der Waals surface area contributed by atoms with E-state index in [0.717, 1.165) is 43.1 Å². The van der Waals surface area contributed by atoms with E-state index in [9.17, 15) is 0 Å². The van der Waals surface area contributed by atoms with Gasteiger partial charge in [0.15, 0.2) is 0 Å². The summed E-state index contributed by atoms with van der Waals surface area (Å²) in [4.78, 5) is 0. The molecule has 1 fully saturated rings. The highest BCUT2D eigenvalue weighted by molar-refractivity contribution is 6.32. The zero-order valence-electron chi connectivity index (χ0n) is 11.0. The Morgan fingerprint density at radius 2 is 2.11 bits per heavy atom. The smallest absolute Gasteiger partial charge is 0.142 e. The van der Waals surface area contributed by atoms with E-state index in [1.54, 1.807) is 0 Å². The molecule has 0 unspecified atom stereocenters. The largest absolute Gasteiger partial charge is 0.489 e. The van der Waals surface area contributed by atoms with Gasteiger partial charge in [-0.25, -0.2) is 0 Å². The van der Waals surface area contributed by atoms with Gasteiger partial charge in [-0.05, 0) is 44.7 Å². The molecule has 2 nitrogen and oxygen atoms in total. The van der Waals surface area contributed by atoms with Crippen molar-refractivity contribution in [1.29, 1.82) is 0 Å². The Labute approximate surface area is 115 Å². The summed E-state index contributed by atoms with van der Waals surface area (Å²) in [6.07, 6.45) is 6.37. The predicted octanol–water partition coefficient (Wildman–Crippen LogP) is 4.16. The summed E-state index contributed by atoms with van der Waals surface area (Å²) in [5, 5.41) is 4.14. The molecule has 1 aliphatic rings. The minimum absolute atomic E-state index is 0.356. The molecule has 0 aromatic heterocycles. The summed E-state index contributed by atoms with van der Waals surface area (Å²) in [7, 11) is 0. The van der Waals surface area contributed by atoms with Crippen LogP contribution in [-0.4, -0.2) is 12.6 Å². The lowest BCUT2D eigenvalue weighted by molar-refractivity contribution is 0.207. The maximum absolute atomic E-state index is 6.27. The third-order valence-electron chi connectivity index (χ3n) is 3.38. The van der Waals surface area contributed by atoms with Crippen LogP contribution in [0, 0.1) is 0 Å². The van der Waals surface area contributed by atoms with E-state index in [1.165, 1.54) is 18.4 Å². The molecule has 1 aromatic rings. The second kappa shape index (κ2) is 7.01. The average molecular weight is 268 g/mol. The first kappa shape index (κ1) is 13.7. The normalized spacial score (nSPS) is 16.1. The van der Waals surface area contributed by atoms with Crippen LogP contribution in [0.4, 0.5) is 0 Å². The molecule has 0 amide bonds. The first-order valence-corrected chi connectivity index (χ1v) is 7.34. The number of hydrogen-bond acceptors (Lipinski definition) is 2. The van der Waals surface area contributed by atoms with Crippen molar-refractivity contribution in [3.63, 3.8) is 0 Å². The second-order valence-electron chi connectivity index (χ2n) is 4.93. The van der Waals surface area contributed by atoms with Gasteiger partial charge in [0.2, 0.25) is 0 Å². The minimum atomic E-state index is 0.356. The number of ether oxygens (including phenoxy) is 1. The Hall–Kier alpha value is -0.730. The fourth-order valence-corrected chi connectivity index (χ4v) is 2.64. The van der Waals surface area contributed by atoms with Gasteiger partial charge in [-0.2, -0.15) is 0 Å². The van der Waals surface area contributed by atoms with Gasteiger partial charge in [0, 0.05) is 12.1 Å². The molecule has 2 rings (SSSR count). The zero-order valence-corrected chi connectivity index (χ0v) is 11.8. The van der Waals surface area contributed by atoms with Crippen LogP contribution in [0.2, 0.25) is 5.02 Å². The van der Waals surface area contributed by atoms with E-state index in [4.69, 9.17) is 16.3 Å². The Bertz CT molecular complexity index is 375. The van der Waals surface area contributed by atoms with Crippen molar-refractivity contribution in [1.82, 2.24) is 5.32 Å². The SMILES string of the molecule is CCCNCc1cccc(Cl)c1OC1CCCC1. The van der Waals surface area contributed by atoms with Crippen LogP contribution < -0.4 is 10.1 Å². The van der Waals surface area contributed by atoms with Gasteiger partial charge in [0.25, 0.3) is 0 Å². The maximum Gasteiger partial charge on any atom is 0.142 e. The van der Waals surface area contributed by atoms with Gasteiger partial charge in [-0.15, -0.1) is 0 Å². The highest BCUT2D eigenvalue weighted by Gasteiger charge is 2.19. The van der Waals surface area contributed by atoms with Gasteiger partial charge >= 0.3 is 0 Å². The van der Waals surface area contributed by atoms with Gasteiger partial charge in [0.05, 0.1) is 11.1 Å². The molecule has 1 aromatic carbocycles. The molecule has 100 valence electrons. The lowest BCUT2D eigenvalue weighted by Crippen LogP contribution is -2.17. The van der Waals surface area contributed by atoms with Gasteiger partial charge in [0.1, 0.15) is 5.75 Å². The van der Waals surface area contributed by atoms with E-state index in [2.05, 4.69) is 18.3 Å². The first-order valence-electron chi connectivity index (χ1n) is 6.96. The van der Waals surface area contributed by atoms with Crippen molar-refractivity contribution >= 4 is 11.6 Å². The number of para-hydroxylation sites is 1. The van der Waals surface area contributed by atoms with Crippen molar-refractivity contribution < 1.29 is 4.74 Å². The fraction of sp³-hybridized carbons (Fsp3) is 0.600. The van der Waals surface area contributed by atoms with E-state index in [-0.39, 0.29) is 0 Å². The fourth-order valence-electron chi connectivity index (χ4n) is 2.40. The van der Waals surface area contributed by atoms with Crippen LogP contribution in [0.1, 0.15) is 44.6 Å². The topological polar surface area (TPSA) is 21.3 Å². The molecule has 0 bridgehead atoms. The quantitative estimate of drug-likeness (QED) is 0.782. The predicted molar refractivity (Wildman–Crippen MR) is 76.3 cm³/mol. The summed E-state index contributed by atoms with van der Waals surface area (Å²) in [5.41, 5.74) is 1.17. The minimum Gasteiger partial charge on any atom is -0.489 e. The van der Waals surface area contributed by atoms with Gasteiger partial charge < -0.3 is 10.1 Å². The van der Waals surface area contributed by atoms with Crippen molar-refractivity contribution in [2.75, 3.05) is 6.54 Å². The average Bonchev–Trinajstić information content (AvgIpc) is 2.86. The van der Waals surface area contributed by atoms with E-state index >= 15 is 0 Å². The third-order valence-corrected chi connectivity index (χ3v) is 3.68. The molecular weight excluding hydrogens is 246 g/mol. The van der Waals surface area contributed by atoms with E-state index in [0.29, 0.717) is 6.10 Å². The molecule has 3 heteroatoms. The number of halogens is 1. The standard InChI is InChI=1S/C15H22ClNO/c1-2-10-17-11-12-6-5-9-14(16)15(12)18-13-7-3-4-8-13/h5-6,9,13,17H,2-4,7-8,10-11H2,1H3. The summed E-state index contributed by atoms with van der Waals surface area (Å²) in [6.45, 7) is 4.02. The Morgan fingerprint density at radius 3 is 2.83 bits per heavy atom. The van der Waals surface area contributed by atoms with Crippen LogP contribution in [0.3, 0.4) is 0 Å². The lowest BCUT2D eigenvalue weighted by Gasteiger charge is -2.18.